The van der Waals surface area contributed by atoms with Gasteiger partial charge in [0.25, 0.3) is 0 Å². The van der Waals surface area contributed by atoms with Gasteiger partial charge < -0.3 is 19.3 Å². The van der Waals surface area contributed by atoms with Crippen LogP contribution in [0, 0.1) is 6.92 Å². The average Bonchev–Trinajstić information content (AvgIpc) is 3.27. The zero-order valence-electron chi connectivity index (χ0n) is 18.6. The van der Waals surface area contributed by atoms with Gasteiger partial charge in [-0.3, -0.25) is 0 Å². The van der Waals surface area contributed by atoms with Gasteiger partial charge in [-0.2, -0.15) is 0 Å². The molecule has 4 aromatic rings. The molecular formula is C26H22ClNO5S. The van der Waals surface area contributed by atoms with Crippen LogP contribution >= 0.6 is 22.9 Å². The summed E-state index contributed by atoms with van der Waals surface area (Å²) in [6.07, 6.45) is 0. The van der Waals surface area contributed by atoms with E-state index in [0.717, 1.165) is 38.0 Å². The van der Waals surface area contributed by atoms with E-state index in [0.29, 0.717) is 16.5 Å². The van der Waals surface area contributed by atoms with Crippen LogP contribution in [0.4, 0.5) is 0 Å². The molecule has 0 fully saturated rings. The second kappa shape index (κ2) is 10.6. The van der Waals surface area contributed by atoms with Crippen molar-refractivity contribution in [2.75, 3.05) is 13.7 Å². The first-order chi connectivity index (χ1) is 16.4. The molecule has 0 amide bonds. The highest BCUT2D eigenvalue weighted by Gasteiger charge is 2.16. The standard InChI is InChI=1S/C26H22ClNO5S/c1-16-13-21(11-12-22(16)33-15-24(29)30)32-14-23-28-25(17-5-9-20(31-2)10-6-17)26(34-23)18-3-7-19(27)8-4-18/h3-13H,14-15H2,1-2H3,(H,29,30). The smallest absolute Gasteiger partial charge is 0.341 e. The van der Waals surface area contributed by atoms with Crippen LogP contribution in [0.2, 0.25) is 5.02 Å². The summed E-state index contributed by atoms with van der Waals surface area (Å²) in [5.41, 5.74) is 3.65. The topological polar surface area (TPSA) is 77.9 Å². The highest BCUT2D eigenvalue weighted by molar-refractivity contribution is 7.15. The van der Waals surface area contributed by atoms with E-state index in [4.69, 9.17) is 35.9 Å². The number of methoxy groups -OCH3 is 1. The SMILES string of the molecule is COc1ccc(-c2nc(COc3ccc(OCC(=O)O)c(C)c3)sc2-c2ccc(Cl)cc2)cc1. The van der Waals surface area contributed by atoms with Gasteiger partial charge in [-0.15, -0.1) is 11.3 Å². The molecule has 1 N–H and O–H groups in total. The molecular weight excluding hydrogens is 474 g/mol. The molecule has 0 unspecified atom stereocenters. The number of benzene rings is 3. The second-order valence-corrected chi connectivity index (χ2v) is 8.94. The van der Waals surface area contributed by atoms with E-state index in [1.165, 1.54) is 0 Å². The third-order valence-electron chi connectivity index (χ3n) is 5.00. The van der Waals surface area contributed by atoms with Crippen LogP contribution in [-0.2, 0) is 11.4 Å². The highest BCUT2D eigenvalue weighted by atomic mass is 35.5. The van der Waals surface area contributed by atoms with E-state index in [1.54, 1.807) is 30.6 Å². The lowest BCUT2D eigenvalue weighted by Crippen LogP contribution is -2.10. The molecule has 174 valence electrons. The summed E-state index contributed by atoms with van der Waals surface area (Å²) in [5.74, 6) is 0.916. The second-order valence-electron chi connectivity index (χ2n) is 7.42. The molecule has 0 radical (unpaired) electrons. The molecule has 4 rings (SSSR count). The Morgan fingerprint density at radius 3 is 2.29 bits per heavy atom. The Morgan fingerprint density at radius 2 is 1.65 bits per heavy atom. The van der Waals surface area contributed by atoms with Crippen LogP contribution in [0.5, 0.6) is 17.2 Å². The van der Waals surface area contributed by atoms with Gasteiger partial charge in [0.2, 0.25) is 0 Å². The number of carboxylic acid groups (broad SMARTS) is 1. The Morgan fingerprint density at radius 1 is 0.971 bits per heavy atom. The van der Waals surface area contributed by atoms with E-state index in [1.807, 2.05) is 61.5 Å². The Kier molecular flexibility index (Phi) is 7.35. The summed E-state index contributed by atoms with van der Waals surface area (Å²) in [6.45, 7) is 1.74. The average molecular weight is 496 g/mol. The summed E-state index contributed by atoms with van der Waals surface area (Å²) in [5, 5.41) is 10.3. The number of carboxylic acids is 1. The molecule has 0 aliphatic carbocycles. The van der Waals surface area contributed by atoms with Crippen LogP contribution < -0.4 is 14.2 Å². The first kappa shape index (κ1) is 23.6. The van der Waals surface area contributed by atoms with Crippen LogP contribution in [0.15, 0.2) is 66.7 Å². The molecule has 6 nitrogen and oxygen atoms in total. The maximum absolute atomic E-state index is 10.7. The number of hydrogen-bond acceptors (Lipinski definition) is 6. The molecule has 1 aromatic heterocycles. The number of aliphatic carboxylic acids is 1. The number of hydrogen-bond donors (Lipinski definition) is 1. The number of aryl methyl sites for hydroxylation is 1. The van der Waals surface area contributed by atoms with Crippen molar-refractivity contribution in [3.63, 3.8) is 0 Å². The normalized spacial score (nSPS) is 10.7. The molecule has 0 saturated carbocycles. The summed E-state index contributed by atoms with van der Waals surface area (Å²) < 4.78 is 16.5. The number of nitrogens with zero attached hydrogens (tertiary/aromatic N) is 1. The van der Waals surface area contributed by atoms with Gasteiger partial charge in [0.15, 0.2) is 6.61 Å². The van der Waals surface area contributed by atoms with Gasteiger partial charge in [-0.25, -0.2) is 9.78 Å². The molecule has 1 heterocycles. The molecule has 3 aromatic carbocycles. The lowest BCUT2D eigenvalue weighted by molar-refractivity contribution is -0.139. The Hall–Kier alpha value is -3.55. The summed E-state index contributed by atoms with van der Waals surface area (Å²) in [6, 6.07) is 20.7. The van der Waals surface area contributed by atoms with Crippen molar-refractivity contribution in [1.29, 1.82) is 0 Å². The van der Waals surface area contributed by atoms with E-state index in [2.05, 4.69) is 0 Å². The zero-order chi connectivity index (χ0) is 24.1. The fraction of sp³-hybridized carbons (Fsp3) is 0.154. The lowest BCUT2D eigenvalue weighted by atomic mass is 10.1. The minimum absolute atomic E-state index is 0.288. The summed E-state index contributed by atoms with van der Waals surface area (Å²) in [4.78, 5) is 16.6. The van der Waals surface area contributed by atoms with Gasteiger partial charge in [-0.05, 0) is 72.6 Å². The summed E-state index contributed by atoms with van der Waals surface area (Å²) >= 11 is 7.65. The van der Waals surface area contributed by atoms with Gasteiger partial charge in [0.05, 0.1) is 17.7 Å². The maximum Gasteiger partial charge on any atom is 0.341 e. The van der Waals surface area contributed by atoms with Crippen molar-refractivity contribution in [2.45, 2.75) is 13.5 Å². The molecule has 34 heavy (non-hydrogen) atoms. The third-order valence-corrected chi connectivity index (χ3v) is 6.33. The van der Waals surface area contributed by atoms with Gasteiger partial charge >= 0.3 is 5.97 Å². The van der Waals surface area contributed by atoms with Crippen molar-refractivity contribution in [2.24, 2.45) is 0 Å². The van der Waals surface area contributed by atoms with Gasteiger partial charge in [0.1, 0.15) is 28.9 Å². The van der Waals surface area contributed by atoms with E-state index >= 15 is 0 Å². The minimum atomic E-state index is -1.02. The Bertz CT molecular complexity index is 1290. The van der Waals surface area contributed by atoms with Crippen molar-refractivity contribution in [1.82, 2.24) is 4.98 Å². The molecule has 0 aliphatic rings. The number of rotatable bonds is 9. The molecule has 8 heteroatoms. The lowest BCUT2D eigenvalue weighted by Gasteiger charge is -2.09. The molecule has 0 saturated heterocycles. The number of carbonyl (C=O) groups is 1. The molecule has 0 bridgehead atoms. The summed E-state index contributed by atoms with van der Waals surface area (Å²) in [7, 11) is 1.64. The Balaban J connectivity index is 1.58. The molecule has 0 atom stereocenters. The predicted molar refractivity (Wildman–Crippen MR) is 133 cm³/mol. The van der Waals surface area contributed by atoms with Crippen molar-refractivity contribution >= 4 is 28.9 Å². The van der Waals surface area contributed by atoms with E-state index in [9.17, 15) is 4.79 Å². The number of halogens is 1. The van der Waals surface area contributed by atoms with Crippen LogP contribution in [0.25, 0.3) is 21.7 Å². The number of aromatic nitrogens is 1. The van der Waals surface area contributed by atoms with Crippen molar-refractivity contribution < 1.29 is 24.1 Å². The highest BCUT2D eigenvalue weighted by Crippen LogP contribution is 2.38. The Labute approximate surface area is 206 Å². The van der Waals surface area contributed by atoms with Crippen molar-refractivity contribution in [3.8, 4) is 38.9 Å². The molecule has 0 spiro atoms. The zero-order valence-corrected chi connectivity index (χ0v) is 20.2. The fourth-order valence-electron chi connectivity index (χ4n) is 3.33. The minimum Gasteiger partial charge on any atom is -0.497 e. The van der Waals surface area contributed by atoms with Gasteiger partial charge in [-0.1, -0.05) is 23.7 Å². The van der Waals surface area contributed by atoms with Gasteiger partial charge in [0, 0.05) is 10.6 Å². The van der Waals surface area contributed by atoms with Crippen molar-refractivity contribution in [3.05, 3.63) is 82.3 Å². The predicted octanol–water partition coefficient (Wildman–Crippen LogP) is 6.49. The van der Waals surface area contributed by atoms with Crippen LogP contribution in [0.1, 0.15) is 10.6 Å². The number of thiazole rings is 1. The first-order valence-corrected chi connectivity index (χ1v) is 11.6. The fourth-order valence-corrected chi connectivity index (χ4v) is 4.46. The third kappa shape index (κ3) is 5.68. The van der Waals surface area contributed by atoms with E-state index in [-0.39, 0.29) is 13.2 Å². The monoisotopic (exact) mass is 495 g/mol. The maximum atomic E-state index is 10.7. The first-order valence-electron chi connectivity index (χ1n) is 10.4. The van der Waals surface area contributed by atoms with Crippen LogP contribution in [0.3, 0.4) is 0 Å². The quantitative estimate of drug-likeness (QED) is 0.286. The van der Waals surface area contributed by atoms with E-state index < -0.39 is 5.97 Å². The largest absolute Gasteiger partial charge is 0.497 e. The molecule has 0 aliphatic heterocycles. The van der Waals surface area contributed by atoms with Crippen LogP contribution in [-0.4, -0.2) is 29.8 Å². The number of ether oxygens (including phenoxy) is 3.